The second kappa shape index (κ2) is 24.7. The van der Waals surface area contributed by atoms with Gasteiger partial charge in [-0.3, -0.25) is 0 Å². The molecule has 0 saturated carbocycles. The summed E-state index contributed by atoms with van der Waals surface area (Å²) >= 11 is 3.85. The number of unbranched alkanes of at least 4 members (excludes halogenated alkanes) is 16. The number of hydrogen-bond acceptors (Lipinski definition) is 4. The second-order valence-electron chi connectivity index (χ2n) is 18.5. The van der Waals surface area contributed by atoms with Crippen molar-refractivity contribution < 1.29 is 9.47 Å². The molecule has 2 nitrogen and oxygen atoms in total. The fraction of sp³-hybridized carbons (Fsp3) is 0.579. The predicted molar refractivity (Wildman–Crippen MR) is 268 cm³/mol. The lowest BCUT2D eigenvalue weighted by Gasteiger charge is -2.33. The Hall–Kier alpha value is -3.08. The highest BCUT2D eigenvalue weighted by atomic mass is 32.1. The molecule has 0 radical (unpaired) electrons. The minimum atomic E-state index is 0.0496. The third kappa shape index (κ3) is 12.6. The number of rotatable bonds is 29. The van der Waals surface area contributed by atoms with E-state index < -0.39 is 0 Å². The summed E-state index contributed by atoms with van der Waals surface area (Å²) < 4.78 is 13.7. The summed E-state index contributed by atoms with van der Waals surface area (Å²) in [6, 6.07) is 24.1. The number of aryl methyl sites for hydroxylation is 2. The van der Waals surface area contributed by atoms with E-state index in [1.54, 1.807) is 11.1 Å². The monoisotopic (exact) mass is 861 g/mol. The summed E-state index contributed by atoms with van der Waals surface area (Å²) in [5.74, 6) is 2.35. The molecule has 0 fully saturated rings. The smallest absolute Gasteiger partial charge is 0.105 e. The van der Waals surface area contributed by atoms with Crippen LogP contribution in [-0.4, -0.2) is 13.2 Å². The number of allylic oxidation sites excluding steroid dienone is 2. The van der Waals surface area contributed by atoms with E-state index in [0.717, 1.165) is 37.6 Å². The fourth-order valence-electron chi connectivity index (χ4n) is 9.99. The van der Waals surface area contributed by atoms with Crippen LogP contribution in [0.5, 0.6) is 0 Å². The van der Waals surface area contributed by atoms with Gasteiger partial charge in [-0.2, -0.15) is 0 Å². The van der Waals surface area contributed by atoms with Gasteiger partial charge in [0.05, 0.1) is 25.0 Å². The van der Waals surface area contributed by atoms with Crippen LogP contribution in [0.2, 0.25) is 0 Å². The summed E-state index contributed by atoms with van der Waals surface area (Å²) in [5, 5.41) is 0. The maximum Gasteiger partial charge on any atom is 0.105 e. The van der Waals surface area contributed by atoms with Crippen LogP contribution in [0.25, 0.3) is 21.6 Å². The van der Waals surface area contributed by atoms with Crippen molar-refractivity contribution in [1.82, 2.24) is 0 Å². The van der Waals surface area contributed by atoms with Crippen molar-refractivity contribution in [2.24, 2.45) is 0 Å². The molecule has 2 aliphatic carbocycles. The Bertz CT molecular complexity index is 1960. The molecule has 61 heavy (non-hydrogen) atoms. The summed E-state index contributed by atoms with van der Waals surface area (Å²) in [4.78, 5) is 5.39. The highest BCUT2D eigenvalue weighted by Gasteiger charge is 2.42. The van der Waals surface area contributed by atoms with Crippen LogP contribution in [0.4, 0.5) is 0 Å². The molecule has 6 rings (SSSR count). The lowest BCUT2D eigenvalue weighted by Crippen LogP contribution is -2.25. The van der Waals surface area contributed by atoms with Crippen LogP contribution in [0.3, 0.4) is 0 Å². The SMILES string of the molecule is CCCCCCCCOC1=CC(c2ccc(-c3ccc4c(c3)C(CCCCCC)(CCCCCC)c3cc(C)ccc3-4)s2)C(OCCCCCCCC)=CC1c1ccc(C)s1. The van der Waals surface area contributed by atoms with Crippen molar-refractivity contribution in [2.45, 2.75) is 200 Å². The van der Waals surface area contributed by atoms with Crippen LogP contribution in [-0.2, 0) is 14.9 Å². The van der Waals surface area contributed by atoms with Crippen LogP contribution < -0.4 is 0 Å². The fourth-order valence-corrected chi connectivity index (χ4v) is 12.0. The van der Waals surface area contributed by atoms with Gasteiger partial charge >= 0.3 is 0 Å². The Labute approximate surface area is 380 Å². The largest absolute Gasteiger partial charge is 0.497 e. The normalized spacial score (nSPS) is 16.6. The summed E-state index contributed by atoms with van der Waals surface area (Å²) in [7, 11) is 0. The van der Waals surface area contributed by atoms with Crippen molar-refractivity contribution in [3.63, 3.8) is 0 Å². The number of thiophene rings is 2. The van der Waals surface area contributed by atoms with E-state index in [1.165, 1.54) is 170 Å². The standard InChI is InChI=1S/C57H80O2S2/c1-7-11-15-19-21-25-37-58-52-42-49(53(59-38-26-22-20-16-12-8-2)41-48(52)55-32-28-44(6)60-55)56-34-33-54(61-56)45-29-31-47-46-30-27-43(5)39-50(46)57(51(47)40-45,35-23-17-13-9-3)36-24-18-14-10-4/h27-34,39-42,48-49H,7-26,35-38H2,1-6H3. The van der Waals surface area contributed by atoms with Crippen molar-refractivity contribution in [3.8, 4) is 21.6 Å². The Morgan fingerprint density at radius 1 is 0.475 bits per heavy atom. The van der Waals surface area contributed by atoms with Gasteiger partial charge < -0.3 is 9.47 Å². The van der Waals surface area contributed by atoms with Gasteiger partial charge in [0.1, 0.15) is 11.5 Å². The lowest BCUT2D eigenvalue weighted by molar-refractivity contribution is 0.169. The lowest BCUT2D eigenvalue weighted by atomic mass is 9.70. The van der Waals surface area contributed by atoms with E-state index in [-0.39, 0.29) is 17.3 Å². The van der Waals surface area contributed by atoms with Gasteiger partial charge in [0, 0.05) is 24.9 Å². The second-order valence-corrected chi connectivity index (χ2v) is 20.9. The number of ether oxygens (including phenoxy) is 2. The van der Waals surface area contributed by atoms with Gasteiger partial charge in [-0.05, 0) is 110 Å². The molecule has 2 aromatic carbocycles. The molecule has 332 valence electrons. The first-order chi connectivity index (χ1) is 29.9. The van der Waals surface area contributed by atoms with Crippen LogP contribution in [0.1, 0.15) is 212 Å². The molecule has 2 aliphatic rings. The molecule has 0 saturated heterocycles. The minimum Gasteiger partial charge on any atom is -0.497 e. The number of benzene rings is 2. The number of fused-ring (bicyclic) bond motifs is 3. The summed E-state index contributed by atoms with van der Waals surface area (Å²) in [5.41, 5.74) is 8.93. The highest BCUT2D eigenvalue weighted by molar-refractivity contribution is 7.15. The van der Waals surface area contributed by atoms with Gasteiger partial charge in [0.25, 0.3) is 0 Å². The summed E-state index contributed by atoms with van der Waals surface area (Å²) in [6.07, 6.45) is 32.9. The molecule has 4 heteroatoms. The molecule has 4 aromatic rings. The minimum absolute atomic E-state index is 0.0496. The average molecular weight is 861 g/mol. The van der Waals surface area contributed by atoms with Gasteiger partial charge in [0.2, 0.25) is 0 Å². The molecule has 0 spiro atoms. The van der Waals surface area contributed by atoms with Crippen molar-refractivity contribution >= 4 is 22.7 Å². The Morgan fingerprint density at radius 2 is 0.951 bits per heavy atom. The molecular formula is C57H80O2S2. The van der Waals surface area contributed by atoms with Crippen LogP contribution in [0.15, 0.2) is 84.3 Å². The predicted octanol–water partition coefficient (Wildman–Crippen LogP) is 18.7. The zero-order valence-electron chi connectivity index (χ0n) is 39.2. The molecule has 0 bridgehead atoms. The summed E-state index contributed by atoms with van der Waals surface area (Å²) in [6.45, 7) is 15.3. The van der Waals surface area contributed by atoms with Crippen LogP contribution >= 0.6 is 22.7 Å². The molecule has 2 heterocycles. The van der Waals surface area contributed by atoms with E-state index >= 15 is 0 Å². The molecule has 0 amide bonds. The van der Waals surface area contributed by atoms with Gasteiger partial charge in [-0.1, -0.05) is 179 Å². The number of hydrogen-bond donors (Lipinski definition) is 0. The van der Waals surface area contributed by atoms with Gasteiger partial charge in [-0.25, -0.2) is 0 Å². The molecule has 0 aliphatic heterocycles. The van der Waals surface area contributed by atoms with Crippen LogP contribution in [0, 0.1) is 13.8 Å². The highest BCUT2D eigenvalue weighted by Crippen LogP contribution is 2.56. The van der Waals surface area contributed by atoms with E-state index in [2.05, 4.69) is 114 Å². The Balaban J connectivity index is 1.32. The van der Waals surface area contributed by atoms with Crippen molar-refractivity contribution in [1.29, 1.82) is 0 Å². The van der Waals surface area contributed by atoms with E-state index in [9.17, 15) is 0 Å². The Kier molecular flexibility index (Phi) is 19.2. The molecule has 2 atom stereocenters. The van der Waals surface area contributed by atoms with Gasteiger partial charge in [0.15, 0.2) is 0 Å². The zero-order chi connectivity index (χ0) is 42.9. The maximum absolute atomic E-state index is 6.87. The quantitative estimate of drug-likeness (QED) is 0.0507. The molecule has 2 unspecified atom stereocenters. The average Bonchev–Trinajstić information content (AvgIpc) is 4.00. The van der Waals surface area contributed by atoms with Crippen molar-refractivity contribution in [2.75, 3.05) is 13.2 Å². The van der Waals surface area contributed by atoms with Crippen molar-refractivity contribution in [3.05, 3.63) is 116 Å². The molecule has 0 N–H and O–H groups in total. The first kappa shape index (κ1) is 47.4. The third-order valence-corrected chi connectivity index (χ3v) is 15.8. The topological polar surface area (TPSA) is 18.5 Å². The molecule has 2 aromatic heterocycles. The van der Waals surface area contributed by atoms with E-state index in [0.29, 0.717) is 0 Å². The van der Waals surface area contributed by atoms with E-state index in [4.69, 9.17) is 9.47 Å². The van der Waals surface area contributed by atoms with E-state index in [1.807, 2.05) is 22.7 Å². The third-order valence-electron chi connectivity index (χ3n) is 13.5. The zero-order valence-corrected chi connectivity index (χ0v) is 40.8. The molecular weight excluding hydrogens is 781 g/mol. The first-order valence-corrected chi connectivity index (χ1v) is 26.7. The first-order valence-electron chi connectivity index (χ1n) is 25.0. The maximum atomic E-state index is 6.87. The van der Waals surface area contributed by atoms with Gasteiger partial charge in [-0.15, -0.1) is 22.7 Å². The Morgan fingerprint density at radius 3 is 1.49 bits per heavy atom.